The topological polar surface area (TPSA) is 62.5 Å². The largest absolute Gasteiger partial charge is 0.508 e. The van der Waals surface area contributed by atoms with Crippen molar-refractivity contribution in [1.29, 1.82) is 0 Å². The predicted octanol–water partition coefficient (Wildman–Crippen LogP) is 4.76. The summed E-state index contributed by atoms with van der Waals surface area (Å²) in [5, 5.41) is 13.8. The second kappa shape index (κ2) is 8.36. The molecule has 2 N–H and O–H groups in total. The molecular weight excluding hydrogens is 420 g/mol. The molecule has 0 bridgehead atoms. The number of hydrogen-bond donors (Lipinski definition) is 2. The van der Waals surface area contributed by atoms with Crippen LogP contribution in [0.15, 0.2) is 91.3 Å². The highest BCUT2D eigenvalue weighted by atomic mass is 32.1. The Balaban J connectivity index is 1.64. The number of nitrogens with zero attached hydrogens (tertiary/aromatic N) is 3. The van der Waals surface area contributed by atoms with Crippen LogP contribution in [0.5, 0.6) is 11.5 Å². The summed E-state index contributed by atoms with van der Waals surface area (Å²) in [5.41, 5.74) is 3.88. The van der Waals surface area contributed by atoms with E-state index in [-0.39, 0.29) is 17.8 Å². The van der Waals surface area contributed by atoms with E-state index in [2.05, 4.69) is 25.8 Å². The Bertz CT molecular complexity index is 1220. The van der Waals surface area contributed by atoms with Crippen LogP contribution in [0, 0.1) is 0 Å². The first-order valence-electron chi connectivity index (χ1n) is 10.3. The highest BCUT2D eigenvalue weighted by Crippen LogP contribution is 2.42. The zero-order chi connectivity index (χ0) is 22.1. The quantitative estimate of drug-likeness (QED) is 0.435. The van der Waals surface area contributed by atoms with Crippen LogP contribution >= 0.6 is 12.2 Å². The van der Waals surface area contributed by atoms with Crippen LogP contribution < -0.4 is 15.0 Å². The number of phenols is 1. The van der Waals surface area contributed by atoms with E-state index in [0.717, 1.165) is 28.5 Å². The number of pyridine rings is 1. The van der Waals surface area contributed by atoms with Crippen molar-refractivity contribution in [3.63, 3.8) is 0 Å². The zero-order valence-electron chi connectivity index (χ0n) is 17.4. The Morgan fingerprint density at radius 2 is 1.69 bits per heavy atom. The van der Waals surface area contributed by atoms with Crippen LogP contribution in [0.1, 0.15) is 23.5 Å². The van der Waals surface area contributed by atoms with Gasteiger partial charge in [0.2, 0.25) is 0 Å². The molecule has 0 saturated carbocycles. The first-order chi connectivity index (χ1) is 15.7. The van der Waals surface area contributed by atoms with Crippen LogP contribution in [0.3, 0.4) is 0 Å². The summed E-state index contributed by atoms with van der Waals surface area (Å²) >= 11 is 5.80. The van der Waals surface area contributed by atoms with Gasteiger partial charge in [0, 0.05) is 29.5 Å². The zero-order valence-corrected chi connectivity index (χ0v) is 18.2. The van der Waals surface area contributed by atoms with Gasteiger partial charge in [-0.05, 0) is 85.0 Å². The van der Waals surface area contributed by atoms with Crippen molar-refractivity contribution in [3.8, 4) is 17.2 Å². The third-order valence-electron chi connectivity index (χ3n) is 5.66. The third kappa shape index (κ3) is 3.56. The molecule has 5 rings (SSSR count). The van der Waals surface area contributed by atoms with Crippen molar-refractivity contribution in [2.75, 3.05) is 12.0 Å². The van der Waals surface area contributed by atoms with E-state index in [4.69, 9.17) is 17.0 Å². The number of benzene rings is 2. The Labute approximate surface area is 191 Å². The van der Waals surface area contributed by atoms with Crippen molar-refractivity contribution in [1.82, 2.24) is 14.9 Å². The molecule has 2 atom stereocenters. The van der Waals surface area contributed by atoms with Gasteiger partial charge in [0.15, 0.2) is 5.11 Å². The number of aromatic hydroxyl groups is 1. The van der Waals surface area contributed by atoms with Gasteiger partial charge in [0.1, 0.15) is 17.5 Å². The summed E-state index contributed by atoms with van der Waals surface area (Å²) < 4.78 is 7.45. The molecule has 1 aliphatic heterocycles. The van der Waals surface area contributed by atoms with Crippen molar-refractivity contribution in [2.24, 2.45) is 0 Å². The van der Waals surface area contributed by atoms with Crippen LogP contribution in [-0.2, 0) is 0 Å². The van der Waals surface area contributed by atoms with Crippen molar-refractivity contribution in [2.45, 2.75) is 12.1 Å². The molecule has 0 aliphatic carbocycles. The van der Waals surface area contributed by atoms with Gasteiger partial charge in [-0.1, -0.05) is 6.07 Å². The summed E-state index contributed by atoms with van der Waals surface area (Å²) in [4.78, 5) is 6.74. The predicted molar refractivity (Wildman–Crippen MR) is 128 cm³/mol. The van der Waals surface area contributed by atoms with E-state index in [1.54, 1.807) is 25.4 Å². The molecule has 3 heterocycles. The maximum atomic E-state index is 9.73. The molecule has 0 spiro atoms. The first-order valence-corrected chi connectivity index (χ1v) is 10.7. The molecule has 6 nitrogen and oxygen atoms in total. The average Bonchev–Trinajstić information content (AvgIpc) is 3.44. The molecule has 4 aromatic rings. The van der Waals surface area contributed by atoms with Gasteiger partial charge in [0.25, 0.3) is 0 Å². The van der Waals surface area contributed by atoms with E-state index in [1.165, 1.54) is 0 Å². The Hall–Kier alpha value is -3.84. The van der Waals surface area contributed by atoms with E-state index in [1.807, 2.05) is 66.9 Å². The molecule has 1 saturated heterocycles. The van der Waals surface area contributed by atoms with Crippen LogP contribution in [0.4, 0.5) is 5.69 Å². The van der Waals surface area contributed by atoms with Gasteiger partial charge in [-0.3, -0.25) is 4.98 Å². The molecule has 1 fully saturated rings. The molecule has 0 radical (unpaired) electrons. The van der Waals surface area contributed by atoms with Crippen LogP contribution in [0.25, 0.3) is 5.69 Å². The fourth-order valence-electron chi connectivity index (χ4n) is 4.16. The number of anilines is 1. The minimum absolute atomic E-state index is 0.142. The maximum absolute atomic E-state index is 9.73. The van der Waals surface area contributed by atoms with E-state index < -0.39 is 0 Å². The standard InChI is InChI=1S/C25H22N4O2S/c1-31-20-13-9-18(10-14-20)29-24(23(27-25(29)32)21-5-2-3-15-26-21)22-6-4-16-28(22)17-7-11-19(30)12-8-17/h2-16,23-24,30H,1H3,(H,27,32)/t23-,24+/m1/s1. The molecule has 160 valence electrons. The van der Waals surface area contributed by atoms with Gasteiger partial charge in [-0.15, -0.1) is 0 Å². The fourth-order valence-corrected chi connectivity index (χ4v) is 4.51. The molecule has 2 aromatic carbocycles. The van der Waals surface area contributed by atoms with Crippen molar-refractivity contribution >= 4 is 23.0 Å². The number of aromatic nitrogens is 2. The van der Waals surface area contributed by atoms with Gasteiger partial charge in [-0.25, -0.2) is 0 Å². The monoisotopic (exact) mass is 442 g/mol. The number of nitrogens with one attached hydrogen (secondary N) is 1. The summed E-state index contributed by atoms with van der Waals surface area (Å²) in [6.45, 7) is 0. The fraction of sp³-hybridized carbons (Fsp3) is 0.120. The molecular formula is C25H22N4O2S. The lowest BCUT2D eigenvalue weighted by Gasteiger charge is -2.29. The summed E-state index contributed by atoms with van der Waals surface area (Å²) in [6, 6.07) is 24.8. The van der Waals surface area contributed by atoms with Crippen LogP contribution in [0.2, 0.25) is 0 Å². The minimum Gasteiger partial charge on any atom is -0.508 e. The lowest BCUT2D eigenvalue weighted by atomic mass is 10.0. The second-order valence-electron chi connectivity index (χ2n) is 7.51. The number of rotatable bonds is 5. The number of hydrogen-bond acceptors (Lipinski definition) is 4. The van der Waals surface area contributed by atoms with E-state index in [9.17, 15) is 5.11 Å². The van der Waals surface area contributed by atoms with Crippen molar-refractivity contribution in [3.05, 3.63) is 103 Å². The highest BCUT2D eigenvalue weighted by Gasteiger charge is 2.42. The van der Waals surface area contributed by atoms with Gasteiger partial charge >= 0.3 is 0 Å². The summed E-state index contributed by atoms with van der Waals surface area (Å²) in [5.74, 6) is 1.02. The lowest BCUT2D eigenvalue weighted by molar-refractivity contribution is 0.415. The van der Waals surface area contributed by atoms with Gasteiger partial charge in [0.05, 0.1) is 18.8 Å². The molecule has 32 heavy (non-hydrogen) atoms. The Kier molecular flexibility index (Phi) is 5.25. The second-order valence-corrected chi connectivity index (χ2v) is 7.90. The number of thiocarbonyl (C=S) groups is 1. The minimum atomic E-state index is -0.144. The number of methoxy groups -OCH3 is 1. The Morgan fingerprint density at radius 3 is 2.38 bits per heavy atom. The maximum Gasteiger partial charge on any atom is 0.174 e. The average molecular weight is 443 g/mol. The smallest absolute Gasteiger partial charge is 0.174 e. The number of phenolic OH excluding ortho intramolecular Hbond substituents is 1. The number of ether oxygens (including phenoxy) is 1. The molecule has 2 aromatic heterocycles. The third-order valence-corrected chi connectivity index (χ3v) is 5.97. The summed E-state index contributed by atoms with van der Waals surface area (Å²) in [7, 11) is 1.65. The lowest BCUT2D eigenvalue weighted by Crippen LogP contribution is -2.30. The van der Waals surface area contributed by atoms with Crippen molar-refractivity contribution < 1.29 is 9.84 Å². The molecule has 0 amide bonds. The Morgan fingerprint density at radius 1 is 0.938 bits per heavy atom. The highest BCUT2D eigenvalue weighted by molar-refractivity contribution is 7.80. The van der Waals surface area contributed by atoms with Gasteiger partial charge < -0.3 is 24.6 Å². The van der Waals surface area contributed by atoms with E-state index in [0.29, 0.717) is 5.11 Å². The molecule has 7 heteroatoms. The molecule has 0 unspecified atom stereocenters. The SMILES string of the molecule is COc1ccc(N2C(=S)N[C@H](c3ccccn3)[C@@H]2c2cccn2-c2ccc(O)cc2)cc1. The molecule has 1 aliphatic rings. The van der Waals surface area contributed by atoms with Gasteiger partial charge in [-0.2, -0.15) is 0 Å². The van der Waals surface area contributed by atoms with Crippen LogP contribution in [-0.4, -0.2) is 26.9 Å². The summed E-state index contributed by atoms with van der Waals surface area (Å²) in [6.07, 6.45) is 3.82. The first kappa shape index (κ1) is 20.1. The normalized spacial score (nSPS) is 17.9. The van der Waals surface area contributed by atoms with E-state index >= 15 is 0 Å².